The summed E-state index contributed by atoms with van der Waals surface area (Å²) in [5.74, 6) is -0.00629. The lowest BCUT2D eigenvalue weighted by molar-refractivity contribution is -0.123. The van der Waals surface area contributed by atoms with E-state index in [1.807, 2.05) is 20.8 Å². The van der Waals surface area contributed by atoms with Crippen LogP contribution in [0.5, 0.6) is 11.5 Å². The number of hydrogen-bond donors (Lipinski definition) is 2. The van der Waals surface area contributed by atoms with Gasteiger partial charge in [0, 0.05) is 23.3 Å². The van der Waals surface area contributed by atoms with Crippen LogP contribution in [0.15, 0.2) is 47.6 Å². The molecule has 2 aliphatic rings. The molecule has 1 unspecified atom stereocenters. The molecule has 0 bridgehead atoms. The first-order valence-corrected chi connectivity index (χ1v) is 13.4. The first-order chi connectivity index (χ1) is 18.6. The normalized spacial score (nSPS) is 18.1. The Hall–Kier alpha value is -3.69. The van der Waals surface area contributed by atoms with Gasteiger partial charge < -0.3 is 20.1 Å². The van der Waals surface area contributed by atoms with Gasteiger partial charge in [-0.2, -0.15) is 13.9 Å². The van der Waals surface area contributed by atoms with Crippen molar-refractivity contribution in [3.63, 3.8) is 0 Å². The van der Waals surface area contributed by atoms with Gasteiger partial charge in [-0.3, -0.25) is 14.6 Å². The minimum atomic E-state index is -2.95. The average molecular weight is 543 g/mol. The fourth-order valence-electron chi connectivity index (χ4n) is 4.20. The van der Waals surface area contributed by atoms with Gasteiger partial charge in [0.2, 0.25) is 11.8 Å². The molecule has 1 saturated heterocycles. The van der Waals surface area contributed by atoms with Gasteiger partial charge in [0.1, 0.15) is 6.04 Å². The molecule has 1 heterocycles. The highest BCUT2D eigenvalue weighted by Gasteiger charge is 2.28. The third-order valence-corrected chi connectivity index (χ3v) is 6.75. The fraction of sp³-hybridized carbons (Fsp3) is 0.483. The number of piperidine rings is 1. The Morgan fingerprint density at radius 2 is 1.67 bits per heavy atom. The zero-order valence-electron chi connectivity index (χ0n) is 22.6. The molecule has 2 aromatic rings. The molecule has 2 aromatic carbocycles. The quantitative estimate of drug-likeness (QED) is 0.378. The van der Waals surface area contributed by atoms with Crippen molar-refractivity contribution in [1.29, 1.82) is 0 Å². The van der Waals surface area contributed by atoms with Crippen molar-refractivity contribution in [2.75, 3.05) is 17.2 Å². The Labute approximate surface area is 227 Å². The molecular weight excluding hydrogens is 506 g/mol. The number of rotatable bonds is 9. The summed E-state index contributed by atoms with van der Waals surface area (Å²) in [6.07, 6.45) is 6.87. The van der Waals surface area contributed by atoms with E-state index in [4.69, 9.17) is 4.74 Å². The maximum Gasteiger partial charge on any atom is 0.387 e. The minimum Gasteiger partial charge on any atom is -0.487 e. The molecule has 1 aliphatic heterocycles. The number of amides is 2. The Morgan fingerprint density at radius 1 is 0.974 bits per heavy atom. The third kappa shape index (κ3) is 7.91. The van der Waals surface area contributed by atoms with Crippen LogP contribution in [-0.2, 0) is 9.59 Å². The number of hydrogen-bond acceptors (Lipinski definition) is 6. The largest absolute Gasteiger partial charge is 0.487 e. The third-order valence-electron chi connectivity index (χ3n) is 6.75. The van der Waals surface area contributed by atoms with E-state index in [9.17, 15) is 18.4 Å². The smallest absolute Gasteiger partial charge is 0.387 e. The summed E-state index contributed by atoms with van der Waals surface area (Å²) in [7, 11) is 0. The molecule has 1 saturated carbocycles. The number of halogens is 2. The number of carbonyl (C=O) groups excluding carboxylic acids is 2. The zero-order chi connectivity index (χ0) is 28.0. The van der Waals surface area contributed by atoms with Gasteiger partial charge in [0.25, 0.3) is 0 Å². The number of ether oxygens (including phenoxy) is 2. The average Bonchev–Trinajstić information content (AvgIpc) is 2.86. The maximum absolute atomic E-state index is 13.1. The molecule has 0 radical (unpaired) electrons. The number of hydrazone groups is 1. The van der Waals surface area contributed by atoms with Gasteiger partial charge in [-0.15, -0.1) is 0 Å². The molecule has 4 rings (SSSR count). The van der Waals surface area contributed by atoms with Crippen LogP contribution in [0.1, 0.15) is 64.9 Å². The van der Waals surface area contributed by atoms with Gasteiger partial charge in [0.05, 0.1) is 12.3 Å². The van der Waals surface area contributed by atoms with Crippen molar-refractivity contribution >= 4 is 29.4 Å². The standard InChI is InChI=1S/C29H36F2N4O4/c1-29(2,3)27(37)34-21-13-11-20(12-14-21)33-26(36)23-9-4-5-16-35(23)32-18-19-10-15-24(39-28(30)31)25(17-19)38-22-7-6-8-22/h10-15,17-18,22-23,28H,4-9,16H2,1-3H3,(H,33,36)(H,34,37)/b32-18+. The highest BCUT2D eigenvalue weighted by Crippen LogP contribution is 2.34. The first-order valence-electron chi connectivity index (χ1n) is 13.4. The summed E-state index contributed by atoms with van der Waals surface area (Å²) in [6.45, 7) is 3.19. The van der Waals surface area contributed by atoms with Crippen LogP contribution < -0.4 is 20.1 Å². The van der Waals surface area contributed by atoms with Crippen molar-refractivity contribution in [3.8, 4) is 11.5 Å². The monoisotopic (exact) mass is 542 g/mol. The maximum atomic E-state index is 13.1. The van der Waals surface area contributed by atoms with Crippen LogP contribution in [0.2, 0.25) is 0 Å². The van der Waals surface area contributed by atoms with Crippen molar-refractivity contribution in [2.45, 2.75) is 78.1 Å². The van der Waals surface area contributed by atoms with Crippen molar-refractivity contribution in [1.82, 2.24) is 5.01 Å². The molecule has 8 nitrogen and oxygen atoms in total. The Morgan fingerprint density at radius 3 is 2.28 bits per heavy atom. The summed E-state index contributed by atoms with van der Waals surface area (Å²) >= 11 is 0. The number of alkyl halides is 2. The van der Waals surface area contributed by atoms with Crippen LogP contribution in [-0.4, -0.2) is 48.3 Å². The molecule has 1 atom stereocenters. The second-order valence-corrected chi connectivity index (χ2v) is 10.9. The van der Waals surface area contributed by atoms with E-state index in [0.29, 0.717) is 29.9 Å². The predicted octanol–water partition coefficient (Wildman–Crippen LogP) is 6.03. The number of carbonyl (C=O) groups is 2. The van der Waals surface area contributed by atoms with Crippen LogP contribution in [0, 0.1) is 5.41 Å². The summed E-state index contributed by atoms with van der Waals surface area (Å²) in [4.78, 5) is 25.3. The molecule has 0 spiro atoms. The summed E-state index contributed by atoms with van der Waals surface area (Å²) in [5, 5.41) is 12.1. The Bertz CT molecular complexity index is 1180. The second kappa shape index (κ2) is 12.4. The van der Waals surface area contributed by atoms with Crippen LogP contribution in [0.4, 0.5) is 20.2 Å². The summed E-state index contributed by atoms with van der Waals surface area (Å²) in [5.41, 5.74) is 1.42. The van der Waals surface area contributed by atoms with E-state index in [1.54, 1.807) is 47.6 Å². The Kier molecular flexibility index (Phi) is 9.04. The van der Waals surface area contributed by atoms with Gasteiger partial charge in [-0.1, -0.05) is 20.8 Å². The molecule has 39 heavy (non-hydrogen) atoms. The van der Waals surface area contributed by atoms with Crippen molar-refractivity contribution in [3.05, 3.63) is 48.0 Å². The molecule has 1 aliphatic carbocycles. The minimum absolute atomic E-state index is 0.00351. The molecule has 10 heteroatoms. The van der Waals surface area contributed by atoms with Gasteiger partial charge in [-0.25, -0.2) is 0 Å². The van der Waals surface area contributed by atoms with Crippen molar-refractivity contribution in [2.24, 2.45) is 10.5 Å². The summed E-state index contributed by atoms with van der Waals surface area (Å²) in [6, 6.07) is 11.3. The molecular formula is C29H36F2N4O4. The van der Waals surface area contributed by atoms with Crippen molar-refractivity contribution < 1.29 is 27.8 Å². The molecule has 210 valence electrons. The SMILES string of the molecule is CC(C)(C)C(=O)Nc1ccc(NC(=O)C2CCCCN2/N=C/c2ccc(OC(F)F)c(OC3CCC3)c2)cc1. The number of anilines is 2. The highest BCUT2D eigenvalue weighted by atomic mass is 19.3. The second-order valence-electron chi connectivity index (χ2n) is 10.9. The molecule has 2 amide bonds. The van der Waals surface area contributed by atoms with E-state index in [2.05, 4.69) is 20.5 Å². The lowest BCUT2D eigenvalue weighted by Crippen LogP contribution is -2.44. The molecule has 2 fully saturated rings. The highest BCUT2D eigenvalue weighted by molar-refractivity contribution is 5.96. The van der Waals surface area contributed by atoms with Crippen LogP contribution in [0.3, 0.4) is 0 Å². The van der Waals surface area contributed by atoms with E-state index in [0.717, 1.165) is 32.1 Å². The van der Waals surface area contributed by atoms with Crippen LogP contribution >= 0.6 is 0 Å². The molecule has 0 aromatic heterocycles. The van der Waals surface area contributed by atoms with Gasteiger partial charge in [-0.05, 0) is 86.6 Å². The van der Waals surface area contributed by atoms with E-state index >= 15 is 0 Å². The topological polar surface area (TPSA) is 92.3 Å². The van der Waals surface area contributed by atoms with Gasteiger partial charge in [0.15, 0.2) is 11.5 Å². The summed E-state index contributed by atoms with van der Waals surface area (Å²) < 4.78 is 36.2. The Balaban J connectivity index is 1.41. The van der Waals surface area contributed by atoms with Crippen LogP contribution in [0.25, 0.3) is 0 Å². The van der Waals surface area contributed by atoms with Gasteiger partial charge >= 0.3 is 6.61 Å². The lowest BCUT2D eigenvalue weighted by Gasteiger charge is -2.32. The fourth-order valence-corrected chi connectivity index (χ4v) is 4.20. The lowest BCUT2D eigenvalue weighted by atomic mass is 9.95. The first kappa shape index (κ1) is 28.3. The van der Waals surface area contributed by atoms with E-state index < -0.39 is 18.1 Å². The van der Waals surface area contributed by atoms with E-state index in [1.165, 1.54) is 6.07 Å². The molecule has 2 N–H and O–H groups in total. The predicted molar refractivity (Wildman–Crippen MR) is 146 cm³/mol. The number of benzene rings is 2. The number of nitrogens with one attached hydrogen (secondary N) is 2. The van der Waals surface area contributed by atoms with E-state index in [-0.39, 0.29) is 29.4 Å². The zero-order valence-corrected chi connectivity index (χ0v) is 22.6. The number of nitrogens with zero attached hydrogens (tertiary/aromatic N) is 2.